The smallest absolute Gasteiger partial charge is 0.218 e. The van der Waals surface area contributed by atoms with Crippen LogP contribution in [0, 0.1) is 0 Å². The lowest BCUT2D eigenvalue weighted by Gasteiger charge is -1.87. The number of unbranched alkanes of at least 4 members (excludes halogenated alkanes) is 1. The molecule has 0 fully saturated rings. The van der Waals surface area contributed by atoms with Gasteiger partial charge in [-0.3, -0.25) is 4.79 Å². The molecule has 0 aromatic heterocycles. The van der Waals surface area contributed by atoms with Crippen molar-refractivity contribution >= 4 is 17.7 Å². The maximum absolute atomic E-state index is 10.2. The number of allylic oxidation sites excluding steroid dienone is 2. The molecular formula is C7H11OS. The van der Waals surface area contributed by atoms with Gasteiger partial charge in [0.25, 0.3) is 0 Å². The van der Waals surface area contributed by atoms with Crippen LogP contribution in [0.2, 0.25) is 0 Å². The van der Waals surface area contributed by atoms with Crippen molar-refractivity contribution in [2.75, 3.05) is 0 Å². The molecule has 0 aliphatic heterocycles. The summed E-state index contributed by atoms with van der Waals surface area (Å²) in [4.78, 5) is 10.2. The molecule has 0 bridgehead atoms. The first-order chi connectivity index (χ1) is 4.27. The lowest BCUT2D eigenvalue weighted by molar-refractivity contribution is -0.110. The SMILES string of the molecule is C/C=C/CCCC(=O)[S]. The van der Waals surface area contributed by atoms with E-state index >= 15 is 0 Å². The second-order valence-corrected chi connectivity index (χ2v) is 2.29. The Morgan fingerprint density at radius 3 is 2.78 bits per heavy atom. The standard InChI is InChI=1S/C7H11OS/c1-2-3-4-5-6-7(8)9/h2-3H,4-6H2,1H3/b3-2+. The molecule has 0 aromatic rings. The van der Waals surface area contributed by atoms with Gasteiger partial charge in [0.05, 0.1) is 0 Å². The lowest BCUT2D eigenvalue weighted by Crippen LogP contribution is -1.83. The van der Waals surface area contributed by atoms with Crippen LogP contribution >= 0.6 is 12.6 Å². The van der Waals surface area contributed by atoms with Crippen LogP contribution in [-0.4, -0.2) is 5.12 Å². The molecule has 0 unspecified atom stereocenters. The minimum atomic E-state index is -0.125. The molecule has 2 heteroatoms. The van der Waals surface area contributed by atoms with E-state index in [9.17, 15) is 4.79 Å². The summed E-state index contributed by atoms with van der Waals surface area (Å²) < 4.78 is 0. The summed E-state index contributed by atoms with van der Waals surface area (Å²) in [6.07, 6.45) is 6.43. The monoisotopic (exact) mass is 143 g/mol. The molecule has 0 atom stereocenters. The van der Waals surface area contributed by atoms with Gasteiger partial charge in [-0.25, -0.2) is 0 Å². The summed E-state index contributed by atoms with van der Waals surface area (Å²) >= 11 is 4.37. The highest BCUT2D eigenvalue weighted by molar-refractivity contribution is 7.96. The summed E-state index contributed by atoms with van der Waals surface area (Å²) in [6, 6.07) is 0. The van der Waals surface area contributed by atoms with E-state index in [0.717, 1.165) is 12.8 Å². The molecule has 0 N–H and O–H groups in total. The third kappa shape index (κ3) is 7.63. The second kappa shape index (κ2) is 5.76. The fraction of sp³-hybridized carbons (Fsp3) is 0.571. The van der Waals surface area contributed by atoms with Gasteiger partial charge in [0, 0.05) is 6.42 Å². The van der Waals surface area contributed by atoms with Crippen molar-refractivity contribution in [1.29, 1.82) is 0 Å². The Balaban J connectivity index is 3.01. The maximum Gasteiger partial charge on any atom is 0.218 e. The van der Waals surface area contributed by atoms with Crippen LogP contribution in [0.15, 0.2) is 12.2 Å². The third-order valence-corrected chi connectivity index (χ3v) is 1.19. The average molecular weight is 143 g/mol. The first kappa shape index (κ1) is 8.63. The molecule has 0 rings (SSSR count). The highest BCUT2D eigenvalue weighted by Crippen LogP contribution is 1.98. The molecule has 0 aliphatic rings. The van der Waals surface area contributed by atoms with E-state index in [1.54, 1.807) is 0 Å². The summed E-state index contributed by atoms with van der Waals surface area (Å²) in [5.74, 6) is 0. The summed E-state index contributed by atoms with van der Waals surface area (Å²) in [6.45, 7) is 1.97. The maximum atomic E-state index is 10.2. The van der Waals surface area contributed by atoms with Gasteiger partial charge < -0.3 is 0 Å². The Kier molecular flexibility index (Phi) is 5.52. The number of rotatable bonds is 4. The number of hydrogen-bond acceptors (Lipinski definition) is 1. The summed E-state index contributed by atoms with van der Waals surface area (Å²) in [5, 5.41) is -0.125. The largest absolute Gasteiger partial charge is 0.282 e. The highest BCUT2D eigenvalue weighted by Gasteiger charge is 1.91. The van der Waals surface area contributed by atoms with Gasteiger partial charge in [0.15, 0.2) is 0 Å². The minimum Gasteiger partial charge on any atom is -0.282 e. The van der Waals surface area contributed by atoms with Crippen LogP contribution in [0.5, 0.6) is 0 Å². The van der Waals surface area contributed by atoms with E-state index in [4.69, 9.17) is 0 Å². The summed E-state index contributed by atoms with van der Waals surface area (Å²) in [5.41, 5.74) is 0. The molecule has 0 saturated heterocycles. The highest BCUT2D eigenvalue weighted by atomic mass is 32.1. The molecule has 1 radical (unpaired) electrons. The van der Waals surface area contributed by atoms with E-state index in [-0.39, 0.29) is 5.12 Å². The first-order valence-electron chi connectivity index (χ1n) is 3.08. The van der Waals surface area contributed by atoms with E-state index in [1.807, 2.05) is 19.1 Å². The van der Waals surface area contributed by atoms with Gasteiger partial charge in [-0.1, -0.05) is 12.2 Å². The molecule has 0 heterocycles. The Hall–Kier alpha value is -0.370. The minimum absolute atomic E-state index is 0.125. The zero-order chi connectivity index (χ0) is 7.11. The van der Waals surface area contributed by atoms with Crippen LogP contribution < -0.4 is 0 Å². The van der Waals surface area contributed by atoms with E-state index in [2.05, 4.69) is 12.6 Å². The van der Waals surface area contributed by atoms with Gasteiger partial charge in [-0.15, -0.1) is 0 Å². The molecule has 1 nitrogen and oxygen atoms in total. The number of carbonyl (C=O) groups excluding carboxylic acids is 1. The molecule has 0 amide bonds. The predicted molar refractivity (Wildman–Crippen MR) is 41.3 cm³/mol. The van der Waals surface area contributed by atoms with Crippen LogP contribution in [0.3, 0.4) is 0 Å². The predicted octanol–water partition coefficient (Wildman–Crippen LogP) is 2.46. The van der Waals surface area contributed by atoms with E-state index in [0.29, 0.717) is 6.42 Å². The zero-order valence-electron chi connectivity index (χ0n) is 5.59. The van der Waals surface area contributed by atoms with Crippen molar-refractivity contribution in [3.63, 3.8) is 0 Å². The van der Waals surface area contributed by atoms with Gasteiger partial charge in [-0.2, -0.15) is 0 Å². The summed E-state index contributed by atoms with van der Waals surface area (Å²) in [7, 11) is 0. The Labute approximate surface area is 61.6 Å². The van der Waals surface area contributed by atoms with Gasteiger partial charge in [-0.05, 0) is 32.4 Å². The Morgan fingerprint density at radius 1 is 1.67 bits per heavy atom. The van der Waals surface area contributed by atoms with Crippen molar-refractivity contribution in [1.82, 2.24) is 0 Å². The average Bonchev–Trinajstić information content (AvgIpc) is 1.80. The van der Waals surface area contributed by atoms with Crippen LogP contribution in [0.25, 0.3) is 0 Å². The number of carbonyl (C=O) groups is 1. The van der Waals surface area contributed by atoms with Gasteiger partial charge in [0.2, 0.25) is 5.12 Å². The molecule has 0 aromatic carbocycles. The van der Waals surface area contributed by atoms with E-state index in [1.165, 1.54) is 0 Å². The molecule has 9 heavy (non-hydrogen) atoms. The quantitative estimate of drug-likeness (QED) is 0.436. The van der Waals surface area contributed by atoms with Crippen molar-refractivity contribution in [3.05, 3.63) is 12.2 Å². The van der Waals surface area contributed by atoms with Crippen molar-refractivity contribution in [2.24, 2.45) is 0 Å². The molecule has 0 spiro atoms. The topological polar surface area (TPSA) is 17.1 Å². The molecule has 0 aliphatic carbocycles. The normalized spacial score (nSPS) is 10.3. The van der Waals surface area contributed by atoms with Crippen LogP contribution in [0.1, 0.15) is 26.2 Å². The van der Waals surface area contributed by atoms with Crippen LogP contribution in [-0.2, 0) is 4.79 Å². The Bertz CT molecular complexity index is 107. The van der Waals surface area contributed by atoms with Gasteiger partial charge >= 0.3 is 0 Å². The fourth-order valence-corrected chi connectivity index (χ4v) is 0.675. The molecule has 0 saturated carbocycles. The van der Waals surface area contributed by atoms with E-state index < -0.39 is 0 Å². The number of hydrogen-bond donors (Lipinski definition) is 0. The van der Waals surface area contributed by atoms with Crippen molar-refractivity contribution in [3.8, 4) is 0 Å². The lowest BCUT2D eigenvalue weighted by atomic mass is 10.2. The van der Waals surface area contributed by atoms with Crippen molar-refractivity contribution < 1.29 is 4.79 Å². The van der Waals surface area contributed by atoms with Gasteiger partial charge in [0.1, 0.15) is 0 Å². The van der Waals surface area contributed by atoms with Crippen molar-refractivity contribution in [2.45, 2.75) is 26.2 Å². The third-order valence-electron chi connectivity index (χ3n) is 0.987. The second-order valence-electron chi connectivity index (χ2n) is 1.83. The Morgan fingerprint density at radius 2 is 2.33 bits per heavy atom. The first-order valence-corrected chi connectivity index (χ1v) is 3.49. The molecule has 51 valence electrons. The fourth-order valence-electron chi connectivity index (χ4n) is 0.531. The zero-order valence-corrected chi connectivity index (χ0v) is 6.41. The molecular weight excluding hydrogens is 132 g/mol. The van der Waals surface area contributed by atoms with Crippen LogP contribution in [0.4, 0.5) is 0 Å².